The summed E-state index contributed by atoms with van der Waals surface area (Å²) in [6, 6.07) is -1.15. The predicted octanol–water partition coefficient (Wildman–Crippen LogP) is 2.76. The molecule has 3 fully saturated rings. The first-order valence-corrected chi connectivity index (χ1v) is 10.8. The molecule has 31 heavy (non-hydrogen) atoms. The zero-order valence-electron chi connectivity index (χ0n) is 24.4. The Bertz CT molecular complexity index is 1150. The molecule has 3 saturated carbocycles. The largest absolute Gasteiger partial charge is 0.450 e. The Morgan fingerprint density at radius 1 is 1.42 bits per heavy atom. The maximum atomic E-state index is 13.3. The van der Waals surface area contributed by atoms with Crippen molar-refractivity contribution in [3.63, 3.8) is 0 Å². The van der Waals surface area contributed by atoms with Crippen molar-refractivity contribution in [1.29, 1.82) is 0 Å². The first-order chi connectivity index (χ1) is 16.8. The number of ether oxygens (including phenoxy) is 1. The van der Waals surface area contributed by atoms with Crippen LogP contribution in [0.4, 0.5) is 0 Å². The highest BCUT2D eigenvalue weighted by Gasteiger charge is 2.70. The molecule has 0 amide bonds. The number of carbonyl (C=O) groups is 3. The number of carbonyl (C=O) groups excluding carboxylic acids is 3. The van der Waals surface area contributed by atoms with E-state index >= 15 is 0 Å². The van der Waals surface area contributed by atoms with Crippen LogP contribution in [-0.2, 0) is 19.1 Å². The molecule has 0 bridgehead atoms. The second kappa shape index (κ2) is 7.38. The van der Waals surface area contributed by atoms with Gasteiger partial charge in [0.25, 0.3) is 0 Å². The van der Waals surface area contributed by atoms with Gasteiger partial charge in [0, 0.05) is 28.6 Å². The van der Waals surface area contributed by atoms with E-state index in [0.29, 0.717) is 0 Å². The Hall–Kier alpha value is -1.79. The van der Waals surface area contributed by atoms with Gasteiger partial charge in [-0.25, -0.2) is 0 Å². The van der Waals surface area contributed by atoms with Crippen LogP contribution in [0.15, 0.2) is 23.8 Å². The van der Waals surface area contributed by atoms with E-state index in [4.69, 9.17) is 8.85 Å². The smallest absolute Gasteiger partial charge is 0.306 e. The van der Waals surface area contributed by atoms with E-state index in [2.05, 4.69) is 0 Å². The van der Waals surface area contributed by atoms with Crippen LogP contribution in [0.2, 0.25) is 0 Å². The Morgan fingerprint density at radius 3 is 2.77 bits per heavy atom. The second-order valence-electron chi connectivity index (χ2n) is 9.50. The van der Waals surface area contributed by atoms with Crippen molar-refractivity contribution in [3.05, 3.63) is 23.8 Å². The Labute approximate surface area is 192 Å². The third-order valence-electron chi connectivity index (χ3n) is 7.98. The topological polar surface area (TPSA) is 101 Å². The van der Waals surface area contributed by atoms with Crippen molar-refractivity contribution in [3.8, 4) is 0 Å². The van der Waals surface area contributed by atoms with Gasteiger partial charge in [-0.15, -0.1) is 0 Å². The SMILES string of the molecule is [2H]C1=C[C@@]2(C)C(=C([2H])C1=O)[C@@]([2H])(C)CC1C3CC[C@](OC(=O)CC)(C(=O)CO)[C@@]3(C)C([2H])([2H])[C@H](O)[C@@]12[2H]. The van der Waals surface area contributed by atoms with Gasteiger partial charge in [0.2, 0.25) is 5.78 Å². The van der Waals surface area contributed by atoms with Gasteiger partial charge < -0.3 is 14.9 Å². The number of ketones is 2. The summed E-state index contributed by atoms with van der Waals surface area (Å²) in [5, 5.41) is 21.6. The molecule has 0 aromatic heterocycles. The van der Waals surface area contributed by atoms with E-state index < -0.39 is 88.8 Å². The summed E-state index contributed by atoms with van der Waals surface area (Å²) < 4.78 is 59.5. The quantitative estimate of drug-likeness (QED) is 0.657. The zero-order valence-corrected chi connectivity index (χ0v) is 18.4. The van der Waals surface area contributed by atoms with E-state index in [9.17, 15) is 28.7 Å². The van der Waals surface area contributed by atoms with Crippen molar-refractivity contribution in [1.82, 2.24) is 0 Å². The van der Waals surface area contributed by atoms with Crippen LogP contribution < -0.4 is 0 Å². The molecular weight excluding hydrogens is 396 g/mol. The average Bonchev–Trinajstić information content (AvgIpc) is 3.12. The highest BCUT2D eigenvalue weighted by Crippen LogP contribution is 2.68. The van der Waals surface area contributed by atoms with Gasteiger partial charge >= 0.3 is 5.97 Å². The number of hydrogen-bond acceptors (Lipinski definition) is 6. The van der Waals surface area contributed by atoms with E-state index in [-0.39, 0.29) is 31.3 Å². The van der Waals surface area contributed by atoms with Crippen molar-refractivity contribution in [2.24, 2.45) is 34.5 Å². The standard InChI is InChI=1S/C25H34O6/c1-5-21(30)31-25(20(29)13-26)9-7-17-16-10-14(2)18-11-15(27)6-8-23(18,3)22(16)19(28)12-24(17,25)4/h6,8,11,14,16-17,19,22,26,28H,5,7,9-10,12-13H2,1-4H3/t14-,16?,17?,19-,22+,23-,24-,25-/m0/s1/i6D,11D,12D2,14D,22D. The third-order valence-corrected chi connectivity index (χ3v) is 7.98. The fraction of sp³-hybridized carbons (Fsp3) is 0.720. The first-order valence-electron chi connectivity index (χ1n) is 13.8. The molecule has 6 heteroatoms. The van der Waals surface area contributed by atoms with Crippen LogP contribution in [-0.4, -0.2) is 46.1 Å². The minimum Gasteiger partial charge on any atom is -0.450 e. The number of allylic oxidation sites excluding steroid dienone is 4. The molecule has 0 spiro atoms. The van der Waals surface area contributed by atoms with Gasteiger partial charge in [0.15, 0.2) is 11.4 Å². The van der Waals surface area contributed by atoms with Gasteiger partial charge in [-0.2, -0.15) is 0 Å². The highest BCUT2D eigenvalue weighted by molar-refractivity contribution is 6.01. The van der Waals surface area contributed by atoms with E-state index in [0.717, 1.165) is 6.08 Å². The minimum atomic E-state index is -2.73. The number of Topliss-reactive ketones (excluding diaryl/α,β-unsaturated/α-hetero) is 1. The molecule has 4 rings (SSSR count). The summed E-state index contributed by atoms with van der Waals surface area (Å²) in [6.07, 6.45) is -3.94. The normalized spacial score (nSPS) is 55.7. The average molecular weight is 437 g/mol. The monoisotopic (exact) mass is 436 g/mol. The van der Waals surface area contributed by atoms with Crippen LogP contribution >= 0.6 is 0 Å². The maximum absolute atomic E-state index is 13.3. The first kappa shape index (κ1) is 15.9. The number of aliphatic hydroxyl groups excluding tert-OH is 2. The summed E-state index contributed by atoms with van der Waals surface area (Å²) >= 11 is 0. The molecule has 2 unspecified atom stereocenters. The number of aliphatic hydroxyl groups is 2. The van der Waals surface area contributed by atoms with Crippen molar-refractivity contribution in [2.75, 3.05) is 6.61 Å². The molecule has 0 aromatic rings. The lowest BCUT2D eigenvalue weighted by Gasteiger charge is -2.61. The van der Waals surface area contributed by atoms with Crippen molar-refractivity contribution in [2.45, 2.75) is 71.5 Å². The summed E-state index contributed by atoms with van der Waals surface area (Å²) in [6.45, 7) is 4.87. The van der Waals surface area contributed by atoms with Crippen LogP contribution in [0.25, 0.3) is 0 Å². The number of fused-ring (bicyclic) bond motifs is 5. The van der Waals surface area contributed by atoms with Gasteiger partial charge in [0.05, 0.1) is 8.85 Å². The number of hydrogen-bond donors (Lipinski definition) is 2. The molecule has 8 atom stereocenters. The molecule has 4 aliphatic carbocycles. The maximum Gasteiger partial charge on any atom is 0.306 e. The second-order valence-corrected chi connectivity index (χ2v) is 9.50. The molecule has 0 aromatic carbocycles. The summed E-state index contributed by atoms with van der Waals surface area (Å²) in [5.41, 5.74) is -5.72. The fourth-order valence-electron chi connectivity index (χ4n) is 6.54. The highest BCUT2D eigenvalue weighted by atomic mass is 16.6. The lowest BCUT2D eigenvalue weighted by Crippen LogP contribution is -2.63. The number of esters is 1. The Balaban J connectivity index is 2.02. The van der Waals surface area contributed by atoms with Gasteiger partial charge in [-0.05, 0) is 55.5 Å². The van der Waals surface area contributed by atoms with E-state index in [1.807, 2.05) is 0 Å². The van der Waals surface area contributed by atoms with E-state index in [1.165, 1.54) is 27.7 Å². The Morgan fingerprint density at radius 2 is 2.13 bits per heavy atom. The summed E-state index contributed by atoms with van der Waals surface area (Å²) in [4.78, 5) is 38.3. The lowest BCUT2D eigenvalue weighted by molar-refractivity contribution is -0.201. The van der Waals surface area contributed by atoms with Crippen LogP contribution in [0.1, 0.15) is 68.0 Å². The van der Waals surface area contributed by atoms with Gasteiger partial charge in [-0.1, -0.05) is 39.3 Å². The van der Waals surface area contributed by atoms with Crippen LogP contribution in [0.5, 0.6) is 0 Å². The molecule has 0 saturated heterocycles. The van der Waals surface area contributed by atoms with Gasteiger partial charge in [0.1, 0.15) is 6.61 Å². The summed E-state index contributed by atoms with van der Waals surface area (Å²) in [7, 11) is 0. The lowest BCUT2D eigenvalue weighted by atomic mass is 9.44. The fourth-order valence-corrected chi connectivity index (χ4v) is 6.54. The molecular formula is C25H34O6. The predicted molar refractivity (Wildman–Crippen MR) is 114 cm³/mol. The molecule has 4 aliphatic rings. The number of rotatable bonds is 4. The van der Waals surface area contributed by atoms with Crippen molar-refractivity contribution < 1.29 is 37.6 Å². The van der Waals surface area contributed by atoms with Gasteiger partial charge in [-0.3, -0.25) is 14.4 Å². The molecule has 0 aliphatic heterocycles. The minimum absolute atomic E-state index is 0.0428. The summed E-state index contributed by atoms with van der Waals surface area (Å²) in [5.74, 6) is -8.05. The zero-order chi connectivity index (χ0) is 28.1. The Kier molecular flexibility index (Phi) is 3.79. The van der Waals surface area contributed by atoms with Crippen LogP contribution in [0.3, 0.4) is 0 Å². The molecule has 0 radical (unpaired) electrons. The van der Waals surface area contributed by atoms with E-state index in [1.54, 1.807) is 0 Å². The molecule has 6 nitrogen and oxygen atoms in total. The van der Waals surface area contributed by atoms with Crippen LogP contribution in [0, 0.1) is 34.5 Å². The molecule has 2 N–H and O–H groups in total. The molecule has 0 heterocycles. The third kappa shape index (κ3) is 2.94. The molecule has 170 valence electrons. The van der Waals surface area contributed by atoms with Crippen molar-refractivity contribution >= 4 is 17.5 Å².